The number of hydrogen-bond donors (Lipinski definition) is 1. The Kier molecular flexibility index (Phi) is 5.91. The van der Waals surface area contributed by atoms with Crippen LogP contribution < -0.4 is 11.2 Å². The molecule has 1 aromatic heterocycles. The van der Waals surface area contributed by atoms with Crippen LogP contribution in [0.15, 0.2) is 21.9 Å². The number of nitrogens with one attached hydrogen (secondary N) is 1. The summed E-state index contributed by atoms with van der Waals surface area (Å²) in [6.07, 6.45) is -4.47. The van der Waals surface area contributed by atoms with Crippen LogP contribution in [0.5, 0.6) is 0 Å². The summed E-state index contributed by atoms with van der Waals surface area (Å²) in [5.74, 6) is -0.894. The van der Waals surface area contributed by atoms with E-state index in [4.69, 9.17) is 17.8 Å². The van der Waals surface area contributed by atoms with E-state index in [9.17, 15) is 31.2 Å². The van der Waals surface area contributed by atoms with Crippen LogP contribution >= 0.6 is 0 Å². The Morgan fingerprint density at radius 3 is 2.15 bits per heavy atom. The first-order chi connectivity index (χ1) is 12.3. The third-order valence-electron chi connectivity index (χ3n) is 3.13. The van der Waals surface area contributed by atoms with Crippen LogP contribution in [0.2, 0.25) is 0 Å². The van der Waals surface area contributed by atoms with Gasteiger partial charge >= 0.3 is 11.7 Å². The van der Waals surface area contributed by atoms with Crippen molar-refractivity contribution in [1.82, 2.24) is 9.55 Å². The highest BCUT2D eigenvalue weighted by atomic mass is 32.2. The molecule has 0 spiro atoms. The van der Waals surface area contributed by atoms with Gasteiger partial charge in [0.05, 0.1) is 12.5 Å². The van der Waals surface area contributed by atoms with Crippen molar-refractivity contribution < 1.29 is 39.5 Å². The number of hydrogen-bond acceptors (Lipinski definition) is 11. The van der Waals surface area contributed by atoms with E-state index in [0.717, 1.165) is 23.8 Å². The molecule has 1 fully saturated rings. The molecule has 0 bridgehead atoms. The Balaban J connectivity index is 2.57. The van der Waals surface area contributed by atoms with Gasteiger partial charge < -0.3 is 9.47 Å². The average molecular weight is 428 g/mol. The molecule has 1 aliphatic heterocycles. The zero-order valence-corrected chi connectivity index (χ0v) is 15.9. The molecular weight excluding hydrogens is 412 g/mol. The van der Waals surface area contributed by atoms with Gasteiger partial charge in [0, 0.05) is 19.2 Å². The number of esters is 1. The van der Waals surface area contributed by atoms with Crippen LogP contribution in [0, 0.1) is 0 Å². The molecule has 15 heteroatoms. The lowest BCUT2D eigenvalue weighted by atomic mass is 10.2. The summed E-state index contributed by atoms with van der Waals surface area (Å²) in [5, 5.41) is 0. The van der Waals surface area contributed by atoms with Crippen molar-refractivity contribution in [2.24, 2.45) is 0 Å². The van der Waals surface area contributed by atoms with Gasteiger partial charge in [-0.15, -0.1) is 0 Å². The molecule has 0 unspecified atom stereocenters. The first kappa shape index (κ1) is 21.2. The highest BCUT2D eigenvalue weighted by molar-refractivity contribution is 7.86. The third-order valence-corrected chi connectivity index (χ3v) is 4.27. The minimum absolute atomic E-state index is 0.675. The Bertz CT molecular complexity index is 1040. The molecule has 0 radical (unpaired) electrons. The van der Waals surface area contributed by atoms with Crippen molar-refractivity contribution in [2.45, 2.75) is 31.6 Å². The van der Waals surface area contributed by atoms with E-state index in [1.54, 1.807) is 0 Å². The number of H-pyrrole nitrogens is 1. The molecule has 4 atom stereocenters. The topological polar surface area (TPSA) is 177 Å². The Labute approximate surface area is 153 Å². The van der Waals surface area contributed by atoms with Crippen LogP contribution in [-0.4, -0.2) is 63.4 Å². The first-order valence-corrected chi connectivity index (χ1v) is 10.8. The van der Waals surface area contributed by atoms with Crippen molar-refractivity contribution in [1.29, 1.82) is 0 Å². The van der Waals surface area contributed by atoms with Crippen molar-refractivity contribution >= 4 is 26.2 Å². The van der Waals surface area contributed by atoms with Crippen molar-refractivity contribution in [3.05, 3.63) is 33.1 Å². The molecule has 1 saturated heterocycles. The number of rotatable bonds is 6. The number of nitrogens with zero attached hydrogens (tertiary/aromatic N) is 1. The van der Waals surface area contributed by atoms with Gasteiger partial charge in [0.25, 0.3) is 25.8 Å². The average Bonchev–Trinajstić information content (AvgIpc) is 2.73. The third kappa shape index (κ3) is 5.70. The molecule has 2 rings (SSSR count). The normalized spacial score (nSPS) is 26.0. The molecule has 152 valence electrons. The van der Waals surface area contributed by atoms with Crippen LogP contribution in [-0.2, 0) is 42.9 Å². The Hall–Kier alpha value is -2.07. The molecule has 27 heavy (non-hydrogen) atoms. The minimum atomic E-state index is -4.19. The monoisotopic (exact) mass is 428 g/mol. The lowest BCUT2D eigenvalue weighted by molar-refractivity contribution is -0.189. The molecule has 1 N–H and O–H groups in total. The van der Waals surface area contributed by atoms with E-state index in [0.29, 0.717) is 12.5 Å². The van der Waals surface area contributed by atoms with E-state index in [-0.39, 0.29) is 0 Å². The number of carbonyl (C=O) groups excluding carboxylic acids is 1. The zero-order valence-electron chi connectivity index (χ0n) is 14.2. The quantitative estimate of drug-likeness (QED) is 0.379. The van der Waals surface area contributed by atoms with Crippen LogP contribution in [0.3, 0.4) is 0 Å². The lowest BCUT2D eigenvalue weighted by Gasteiger charge is -2.22. The van der Waals surface area contributed by atoms with E-state index in [1.807, 2.05) is 4.98 Å². The molecule has 13 nitrogen and oxygen atoms in total. The molecule has 0 aromatic carbocycles. The maximum atomic E-state index is 12.0. The second-order valence-corrected chi connectivity index (χ2v) is 8.75. The largest absolute Gasteiger partial charge is 0.433 e. The summed E-state index contributed by atoms with van der Waals surface area (Å²) in [5.41, 5.74) is -1.74. The second kappa shape index (κ2) is 7.51. The maximum absolute atomic E-state index is 12.0. The predicted molar refractivity (Wildman–Crippen MR) is 86.4 cm³/mol. The smallest absolute Gasteiger partial charge is 0.330 e. The molecule has 1 aliphatic rings. The summed E-state index contributed by atoms with van der Waals surface area (Å²) in [7, 11) is -8.37. The Morgan fingerprint density at radius 2 is 1.67 bits per heavy atom. The van der Waals surface area contributed by atoms with Gasteiger partial charge in [-0.1, -0.05) is 0 Å². The van der Waals surface area contributed by atoms with Crippen LogP contribution in [0.1, 0.15) is 13.2 Å². The van der Waals surface area contributed by atoms with Gasteiger partial charge in [-0.2, -0.15) is 16.8 Å². The van der Waals surface area contributed by atoms with Gasteiger partial charge in [-0.05, 0) is 0 Å². The van der Waals surface area contributed by atoms with Crippen molar-refractivity contribution in [3.63, 3.8) is 0 Å². The SMILES string of the molecule is CC(=O)O[C@H]1O[C@@H](n2ccc(=O)[nH]c2=O)[C@H](OS(C)(=O)=O)[C@@H]1OS(C)(=O)=O. The molecule has 1 aromatic rings. The number of ether oxygens (including phenoxy) is 2. The maximum Gasteiger partial charge on any atom is 0.330 e. The van der Waals surface area contributed by atoms with E-state index in [2.05, 4.69) is 0 Å². The fourth-order valence-corrected chi connectivity index (χ4v) is 3.54. The van der Waals surface area contributed by atoms with Crippen molar-refractivity contribution in [2.75, 3.05) is 12.5 Å². The van der Waals surface area contributed by atoms with E-state index in [1.165, 1.54) is 0 Å². The van der Waals surface area contributed by atoms with Crippen LogP contribution in [0.4, 0.5) is 0 Å². The number of aromatic amines is 1. The molecule has 0 saturated carbocycles. The molecular formula is C12H16N2O11S2. The van der Waals surface area contributed by atoms with Gasteiger partial charge in [0.2, 0.25) is 6.29 Å². The lowest BCUT2D eigenvalue weighted by Crippen LogP contribution is -2.42. The number of carbonyl (C=O) groups is 1. The summed E-state index contributed by atoms with van der Waals surface area (Å²) in [4.78, 5) is 36.4. The second-order valence-electron chi connectivity index (χ2n) is 5.55. The summed E-state index contributed by atoms with van der Waals surface area (Å²) in [6.45, 7) is 0.993. The fourth-order valence-electron chi connectivity index (χ4n) is 2.33. The highest BCUT2D eigenvalue weighted by Crippen LogP contribution is 2.35. The fraction of sp³-hybridized carbons (Fsp3) is 0.583. The molecule has 2 heterocycles. The zero-order chi connectivity index (χ0) is 20.6. The van der Waals surface area contributed by atoms with Gasteiger partial charge in [0.15, 0.2) is 18.4 Å². The summed E-state index contributed by atoms with van der Waals surface area (Å²) >= 11 is 0. The molecule has 0 aliphatic carbocycles. The molecule has 0 amide bonds. The highest BCUT2D eigenvalue weighted by Gasteiger charge is 2.52. The van der Waals surface area contributed by atoms with E-state index >= 15 is 0 Å². The summed E-state index contributed by atoms with van der Waals surface area (Å²) in [6, 6.07) is 0.938. The van der Waals surface area contributed by atoms with Gasteiger partial charge in [-0.25, -0.2) is 4.79 Å². The Morgan fingerprint density at radius 1 is 1.11 bits per heavy atom. The van der Waals surface area contributed by atoms with Gasteiger partial charge in [-0.3, -0.25) is 27.5 Å². The predicted octanol–water partition coefficient (Wildman–Crippen LogP) is -2.36. The standard InChI is InChI=1S/C12H16N2O11S2/c1-6(15)22-11-9(25-27(3,20)21)8(24-26(2,18)19)10(23-11)14-5-4-7(16)13-12(14)17/h4-5,8-11H,1-3H3,(H,13,16,17)/t8-,9+,10-,11+/m1/s1. The minimum Gasteiger partial charge on any atom is -0.433 e. The van der Waals surface area contributed by atoms with E-state index < -0.39 is 62.2 Å². The van der Waals surface area contributed by atoms with Crippen molar-refractivity contribution in [3.8, 4) is 0 Å². The van der Waals surface area contributed by atoms with Gasteiger partial charge in [0.1, 0.15) is 0 Å². The number of aromatic nitrogens is 2. The summed E-state index contributed by atoms with van der Waals surface area (Å²) < 4.78 is 66.8. The van der Waals surface area contributed by atoms with Crippen LogP contribution in [0.25, 0.3) is 0 Å². The first-order valence-electron chi connectivity index (χ1n) is 7.17.